The zero-order valence-electron chi connectivity index (χ0n) is 6.82. The predicted molar refractivity (Wildman–Crippen MR) is 38.3 cm³/mol. The number of carbonyl (C=O) groups is 1. The third-order valence-electron chi connectivity index (χ3n) is 2.24. The molecule has 0 aliphatic heterocycles. The van der Waals surface area contributed by atoms with E-state index in [2.05, 4.69) is 0 Å². The number of carboxylic acid groups (broad SMARTS) is 1. The van der Waals surface area contributed by atoms with Gasteiger partial charge in [0.05, 0.1) is 6.54 Å². The zero-order chi connectivity index (χ0) is 10.1. The Labute approximate surface area is 72.9 Å². The lowest BCUT2D eigenvalue weighted by Crippen LogP contribution is -2.59. The van der Waals surface area contributed by atoms with Crippen LogP contribution in [0, 0.1) is 0 Å². The average molecular weight is 197 g/mol. The van der Waals surface area contributed by atoms with Crippen molar-refractivity contribution < 1.29 is 23.1 Å². The van der Waals surface area contributed by atoms with Crippen molar-refractivity contribution in [3.05, 3.63) is 0 Å². The van der Waals surface area contributed by atoms with Crippen LogP contribution in [0.5, 0.6) is 0 Å². The molecule has 76 valence electrons. The maximum atomic E-state index is 11.8. The Balaban J connectivity index is 2.46. The second kappa shape index (κ2) is 3.17. The number of alkyl halides is 3. The van der Waals surface area contributed by atoms with Crippen LogP contribution in [0.15, 0.2) is 0 Å². The Morgan fingerprint density at radius 2 is 2.00 bits per heavy atom. The van der Waals surface area contributed by atoms with Crippen LogP contribution in [-0.4, -0.2) is 29.3 Å². The molecule has 1 aliphatic rings. The van der Waals surface area contributed by atoms with Crippen LogP contribution < -0.4 is 5.32 Å². The molecule has 0 amide bonds. The van der Waals surface area contributed by atoms with Gasteiger partial charge in [0.25, 0.3) is 0 Å². The Hall–Kier alpha value is -0.780. The van der Waals surface area contributed by atoms with Crippen LogP contribution >= 0.6 is 0 Å². The fraction of sp³-hybridized carbons (Fsp3) is 0.857. The van der Waals surface area contributed by atoms with E-state index in [0.29, 0.717) is 6.42 Å². The van der Waals surface area contributed by atoms with Crippen molar-refractivity contribution >= 4 is 5.97 Å². The highest BCUT2D eigenvalue weighted by Crippen LogP contribution is 2.32. The zero-order valence-corrected chi connectivity index (χ0v) is 6.82. The number of rotatable bonds is 3. The van der Waals surface area contributed by atoms with Gasteiger partial charge < -0.3 is 5.11 Å². The monoisotopic (exact) mass is 197 g/mol. The molecule has 1 saturated carbocycles. The fourth-order valence-electron chi connectivity index (χ4n) is 1.27. The molecule has 0 aromatic heterocycles. The molecule has 0 heterocycles. The summed E-state index contributed by atoms with van der Waals surface area (Å²) in [5, 5.41) is 10.7. The summed E-state index contributed by atoms with van der Waals surface area (Å²) in [5.74, 6) is -1.19. The van der Waals surface area contributed by atoms with Crippen LogP contribution in [0.3, 0.4) is 0 Å². The first kappa shape index (κ1) is 10.3. The topological polar surface area (TPSA) is 49.3 Å². The van der Waals surface area contributed by atoms with Crippen LogP contribution in [0.1, 0.15) is 19.3 Å². The fourth-order valence-corrected chi connectivity index (χ4v) is 1.27. The summed E-state index contributed by atoms with van der Waals surface area (Å²) in [5.41, 5.74) is -1.32. The molecule has 13 heavy (non-hydrogen) atoms. The standard InChI is InChI=1S/C7H10F3NO2/c8-7(9,10)4-11-6(5(12)13)2-1-3-6/h11H,1-4H2,(H,12,13). The first-order chi connectivity index (χ1) is 5.86. The smallest absolute Gasteiger partial charge is 0.401 e. The molecule has 3 nitrogen and oxygen atoms in total. The van der Waals surface area contributed by atoms with Gasteiger partial charge in [0.1, 0.15) is 5.54 Å². The van der Waals surface area contributed by atoms with Gasteiger partial charge in [0.2, 0.25) is 0 Å². The largest absolute Gasteiger partial charge is 0.480 e. The molecule has 0 bridgehead atoms. The van der Waals surface area contributed by atoms with E-state index in [9.17, 15) is 18.0 Å². The van der Waals surface area contributed by atoms with Crippen molar-refractivity contribution in [2.24, 2.45) is 0 Å². The Morgan fingerprint density at radius 1 is 1.46 bits per heavy atom. The molecule has 0 aromatic rings. The average Bonchev–Trinajstić information content (AvgIpc) is 1.80. The van der Waals surface area contributed by atoms with E-state index in [-0.39, 0.29) is 12.8 Å². The molecule has 0 atom stereocenters. The normalized spacial score (nSPS) is 20.8. The van der Waals surface area contributed by atoms with Crippen LogP contribution in [0.4, 0.5) is 13.2 Å². The van der Waals surface area contributed by atoms with Crippen LogP contribution in [-0.2, 0) is 4.79 Å². The maximum Gasteiger partial charge on any atom is 0.401 e. The SMILES string of the molecule is O=C(O)C1(NCC(F)(F)F)CCC1. The summed E-state index contributed by atoms with van der Waals surface area (Å²) < 4.78 is 35.3. The van der Waals surface area contributed by atoms with Crippen molar-refractivity contribution in [3.8, 4) is 0 Å². The lowest BCUT2D eigenvalue weighted by atomic mass is 9.77. The molecule has 1 rings (SSSR count). The van der Waals surface area contributed by atoms with Gasteiger partial charge in [-0.05, 0) is 19.3 Å². The highest BCUT2D eigenvalue weighted by molar-refractivity contribution is 5.79. The molecular weight excluding hydrogens is 187 g/mol. The van der Waals surface area contributed by atoms with Gasteiger partial charge in [-0.2, -0.15) is 13.2 Å². The highest BCUT2D eigenvalue weighted by atomic mass is 19.4. The second-order valence-electron chi connectivity index (χ2n) is 3.21. The summed E-state index contributed by atoms with van der Waals surface area (Å²) >= 11 is 0. The summed E-state index contributed by atoms with van der Waals surface area (Å²) in [6.45, 7) is -1.24. The lowest BCUT2D eigenvalue weighted by Gasteiger charge is -2.38. The summed E-state index contributed by atoms with van der Waals surface area (Å²) in [6, 6.07) is 0. The molecule has 0 spiro atoms. The minimum atomic E-state index is -4.35. The van der Waals surface area contributed by atoms with Gasteiger partial charge in [-0.1, -0.05) is 0 Å². The van der Waals surface area contributed by atoms with Crippen LogP contribution in [0.25, 0.3) is 0 Å². The number of halogens is 3. The highest BCUT2D eigenvalue weighted by Gasteiger charge is 2.46. The van der Waals surface area contributed by atoms with E-state index in [1.54, 1.807) is 0 Å². The van der Waals surface area contributed by atoms with Gasteiger partial charge in [0, 0.05) is 0 Å². The van der Waals surface area contributed by atoms with Crippen molar-refractivity contribution in [1.29, 1.82) is 0 Å². The quantitative estimate of drug-likeness (QED) is 0.713. The van der Waals surface area contributed by atoms with Gasteiger partial charge >= 0.3 is 12.1 Å². The van der Waals surface area contributed by atoms with Crippen molar-refractivity contribution in [2.45, 2.75) is 31.0 Å². The van der Waals surface area contributed by atoms with E-state index in [1.165, 1.54) is 0 Å². The minimum Gasteiger partial charge on any atom is -0.480 e. The molecule has 0 unspecified atom stereocenters. The maximum absolute atomic E-state index is 11.8. The summed E-state index contributed by atoms with van der Waals surface area (Å²) in [4.78, 5) is 10.6. The summed E-state index contributed by atoms with van der Waals surface area (Å²) in [6.07, 6.45) is -3.13. The number of hydrogen-bond acceptors (Lipinski definition) is 2. The number of nitrogens with one attached hydrogen (secondary N) is 1. The van der Waals surface area contributed by atoms with Gasteiger partial charge in [0.15, 0.2) is 0 Å². The van der Waals surface area contributed by atoms with E-state index in [4.69, 9.17) is 5.11 Å². The lowest BCUT2D eigenvalue weighted by molar-refractivity contribution is -0.155. The second-order valence-corrected chi connectivity index (χ2v) is 3.21. The molecule has 0 radical (unpaired) electrons. The number of aliphatic carboxylic acids is 1. The number of carboxylic acids is 1. The van der Waals surface area contributed by atoms with E-state index < -0.39 is 24.2 Å². The first-order valence-electron chi connectivity index (χ1n) is 3.91. The van der Waals surface area contributed by atoms with E-state index >= 15 is 0 Å². The van der Waals surface area contributed by atoms with Crippen LogP contribution in [0.2, 0.25) is 0 Å². The van der Waals surface area contributed by atoms with E-state index in [0.717, 1.165) is 0 Å². The van der Waals surface area contributed by atoms with Crippen molar-refractivity contribution in [1.82, 2.24) is 5.32 Å². The molecule has 0 aromatic carbocycles. The first-order valence-corrected chi connectivity index (χ1v) is 3.91. The molecule has 1 fully saturated rings. The Morgan fingerprint density at radius 3 is 2.23 bits per heavy atom. The molecule has 1 aliphatic carbocycles. The molecule has 6 heteroatoms. The predicted octanol–water partition coefficient (Wildman–Crippen LogP) is 1.15. The van der Waals surface area contributed by atoms with Crippen molar-refractivity contribution in [3.63, 3.8) is 0 Å². The van der Waals surface area contributed by atoms with E-state index in [1.807, 2.05) is 5.32 Å². The third kappa shape index (κ3) is 2.33. The Bertz CT molecular complexity index is 210. The van der Waals surface area contributed by atoms with Gasteiger partial charge in [-0.3, -0.25) is 10.1 Å². The summed E-state index contributed by atoms with van der Waals surface area (Å²) in [7, 11) is 0. The third-order valence-corrected chi connectivity index (χ3v) is 2.24. The van der Waals surface area contributed by atoms with Gasteiger partial charge in [-0.25, -0.2) is 0 Å². The molecule has 0 saturated heterocycles. The minimum absolute atomic E-state index is 0.276. The molecule has 2 N–H and O–H groups in total. The Kier molecular flexibility index (Phi) is 2.51. The van der Waals surface area contributed by atoms with Gasteiger partial charge in [-0.15, -0.1) is 0 Å². The molecular formula is C7H10F3NO2. The van der Waals surface area contributed by atoms with Crippen molar-refractivity contribution in [2.75, 3.05) is 6.54 Å². The number of hydrogen-bond donors (Lipinski definition) is 2.